The number of piperidine rings is 1. The van der Waals surface area contributed by atoms with Gasteiger partial charge in [-0.05, 0) is 38.8 Å². The van der Waals surface area contributed by atoms with Crippen LogP contribution in [0.5, 0.6) is 5.75 Å². The number of aryl methyl sites for hydroxylation is 3. The molecule has 0 bridgehead atoms. The SMILES string of the molecule is COc1ccc(C)cc1-c1csc(NC(=O)C2CCN(S(=O)(=O)c3cn(C)c(C)n3)CC2)n1. The van der Waals surface area contributed by atoms with E-state index in [0.717, 1.165) is 22.6 Å². The van der Waals surface area contributed by atoms with Gasteiger partial charge in [0, 0.05) is 43.2 Å². The van der Waals surface area contributed by atoms with Crippen molar-refractivity contribution in [3.8, 4) is 17.0 Å². The minimum Gasteiger partial charge on any atom is -0.496 e. The number of hydrogen-bond acceptors (Lipinski definition) is 7. The summed E-state index contributed by atoms with van der Waals surface area (Å²) in [6.45, 7) is 4.31. The van der Waals surface area contributed by atoms with Crippen LogP contribution in [0.4, 0.5) is 5.13 Å². The van der Waals surface area contributed by atoms with Crippen molar-refractivity contribution >= 4 is 32.4 Å². The van der Waals surface area contributed by atoms with Gasteiger partial charge in [0.15, 0.2) is 10.2 Å². The highest BCUT2D eigenvalue weighted by molar-refractivity contribution is 7.89. The predicted octanol–water partition coefficient (Wildman–Crippen LogP) is 3.21. The predicted molar refractivity (Wildman–Crippen MR) is 127 cm³/mol. The molecule has 3 heterocycles. The Balaban J connectivity index is 1.39. The standard InChI is InChI=1S/C22H27N5O4S2/c1-14-5-6-19(31-4)17(11-14)18-13-32-22(24-18)25-21(28)16-7-9-27(10-8-16)33(29,30)20-12-26(3)15(2)23-20/h5-6,11-13,16H,7-10H2,1-4H3,(H,24,25,28). The van der Waals surface area contributed by atoms with Crippen molar-refractivity contribution in [2.75, 3.05) is 25.5 Å². The van der Waals surface area contributed by atoms with E-state index in [2.05, 4.69) is 15.3 Å². The van der Waals surface area contributed by atoms with Crippen LogP contribution in [0.15, 0.2) is 34.8 Å². The molecule has 176 valence electrons. The molecule has 0 atom stereocenters. The third kappa shape index (κ3) is 4.80. The number of methoxy groups -OCH3 is 1. The first kappa shape index (κ1) is 23.4. The number of sulfonamides is 1. The molecular weight excluding hydrogens is 462 g/mol. The van der Waals surface area contributed by atoms with E-state index in [0.29, 0.717) is 23.8 Å². The van der Waals surface area contributed by atoms with Gasteiger partial charge in [0.05, 0.1) is 12.8 Å². The van der Waals surface area contributed by atoms with Crippen molar-refractivity contribution < 1.29 is 17.9 Å². The van der Waals surface area contributed by atoms with Crippen LogP contribution in [-0.4, -0.2) is 53.4 Å². The number of carbonyl (C=O) groups is 1. The van der Waals surface area contributed by atoms with Gasteiger partial charge in [0.1, 0.15) is 11.6 Å². The van der Waals surface area contributed by atoms with Crippen LogP contribution in [0.3, 0.4) is 0 Å². The van der Waals surface area contributed by atoms with E-state index in [4.69, 9.17) is 4.74 Å². The average Bonchev–Trinajstić information content (AvgIpc) is 3.40. The zero-order chi connectivity index (χ0) is 23.8. The van der Waals surface area contributed by atoms with E-state index < -0.39 is 10.0 Å². The maximum Gasteiger partial charge on any atom is 0.262 e. The third-order valence-electron chi connectivity index (χ3n) is 5.88. The Labute approximate surface area is 197 Å². The van der Waals surface area contributed by atoms with Gasteiger partial charge < -0.3 is 14.6 Å². The third-order valence-corrected chi connectivity index (χ3v) is 8.41. The van der Waals surface area contributed by atoms with Gasteiger partial charge in [0.25, 0.3) is 10.0 Å². The summed E-state index contributed by atoms with van der Waals surface area (Å²) < 4.78 is 34.3. The molecule has 2 aromatic heterocycles. The fourth-order valence-corrected chi connectivity index (χ4v) is 6.03. The van der Waals surface area contributed by atoms with Gasteiger partial charge in [-0.1, -0.05) is 11.6 Å². The quantitative estimate of drug-likeness (QED) is 0.570. The average molecular weight is 490 g/mol. The van der Waals surface area contributed by atoms with Gasteiger partial charge in [-0.2, -0.15) is 4.31 Å². The number of anilines is 1. The van der Waals surface area contributed by atoms with E-state index >= 15 is 0 Å². The van der Waals surface area contributed by atoms with Crippen molar-refractivity contribution in [1.29, 1.82) is 0 Å². The number of thiazole rings is 1. The minimum absolute atomic E-state index is 0.0484. The lowest BCUT2D eigenvalue weighted by atomic mass is 9.97. The lowest BCUT2D eigenvalue weighted by Gasteiger charge is -2.29. The van der Waals surface area contributed by atoms with E-state index in [-0.39, 0.29) is 29.9 Å². The fraction of sp³-hybridized carbons (Fsp3) is 0.409. The molecule has 0 aliphatic carbocycles. The first-order chi connectivity index (χ1) is 15.7. The fourth-order valence-electron chi connectivity index (χ4n) is 3.83. The number of benzene rings is 1. The van der Waals surface area contributed by atoms with Gasteiger partial charge in [-0.15, -0.1) is 11.3 Å². The number of rotatable bonds is 6. The number of ether oxygens (including phenoxy) is 1. The number of nitrogens with zero attached hydrogens (tertiary/aromatic N) is 4. The Morgan fingerprint density at radius 1 is 1.21 bits per heavy atom. The second-order valence-corrected chi connectivity index (χ2v) is 10.9. The molecule has 33 heavy (non-hydrogen) atoms. The molecule has 0 saturated carbocycles. The van der Waals surface area contributed by atoms with Crippen LogP contribution in [0, 0.1) is 19.8 Å². The molecule has 11 heteroatoms. The highest BCUT2D eigenvalue weighted by atomic mass is 32.2. The van der Waals surface area contributed by atoms with Crippen LogP contribution >= 0.6 is 11.3 Å². The number of amides is 1. The van der Waals surface area contributed by atoms with Gasteiger partial charge in [-0.25, -0.2) is 18.4 Å². The molecule has 0 radical (unpaired) electrons. The maximum atomic E-state index is 12.9. The smallest absolute Gasteiger partial charge is 0.262 e. The molecule has 1 N–H and O–H groups in total. The van der Waals surface area contributed by atoms with Crippen molar-refractivity contribution in [1.82, 2.24) is 18.8 Å². The number of carbonyl (C=O) groups excluding carboxylic acids is 1. The summed E-state index contributed by atoms with van der Waals surface area (Å²) in [5, 5.41) is 5.34. The van der Waals surface area contributed by atoms with E-state index in [1.54, 1.807) is 25.6 Å². The first-order valence-electron chi connectivity index (χ1n) is 10.6. The van der Waals surface area contributed by atoms with Crippen LogP contribution in [0.25, 0.3) is 11.3 Å². The number of nitrogens with one attached hydrogen (secondary N) is 1. The summed E-state index contributed by atoms with van der Waals surface area (Å²) in [5.41, 5.74) is 2.70. The molecule has 1 aromatic carbocycles. The molecule has 1 amide bonds. The molecule has 1 fully saturated rings. The summed E-state index contributed by atoms with van der Waals surface area (Å²) in [4.78, 5) is 21.5. The van der Waals surface area contributed by atoms with Crippen molar-refractivity contribution in [3.63, 3.8) is 0 Å². The summed E-state index contributed by atoms with van der Waals surface area (Å²) in [7, 11) is -0.285. The lowest BCUT2D eigenvalue weighted by molar-refractivity contribution is -0.120. The minimum atomic E-state index is -3.66. The summed E-state index contributed by atoms with van der Waals surface area (Å²) in [5.74, 6) is 0.940. The summed E-state index contributed by atoms with van der Waals surface area (Å²) >= 11 is 1.35. The monoisotopic (exact) mass is 489 g/mol. The Morgan fingerprint density at radius 3 is 2.58 bits per heavy atom. The zero-order valence-corrected chi connectivity index (χ0v) is 20.7. The molecule has 4 rings (SSSR count). The Morgan fingerprint density at radius 2 is 1.94 bits per heavy atom. The highest BCUT2D eigenvalue weighted by Crippen LogP contribution is 2.33. The lowest BCUT2D eigenvalue weighted by Crippen LogP contribution is -2.41. The number of imidazole rings is 1. The first-order valence-corrected chi connectivity index (χ1v) is 12.9. The van der Waals surface area contributed by atoms with Crippen molar-refractivity contribution in [2.24, 2.45) is 13.0 Å². The van der Waals surface area contributed by atoms with Crippen LogP contribution in [0.2, 0.25) is 0 Å². The number of aromatic nitrogens is 3. The molecule has 9 nitrogen and oxygen atoms in total. The number of hydrogen-bond donors (Lipinski definition) is 1. The molecule has 0 spiro atoms. The topological polar surface area (TPSA) is 106 Å². The van der Waals surface area contributed by atoms with Gasteiger partial charge >= 0.3 is 0 Å². The molecule has 1 aliphatic rings. The van der Waals surface area contributed by atoms with E-state index in [1.807, 2.05) is 30.5 Å². The van der Waals surface area contributed by atoms with Crippen molar-refractivity contribution in [3.05, 3.63) is 41.2 Å². The van der Waals surface area contributed by atoms with Crippen LogP contribution in [-0.2, 0) is 21.9 Å². The molecular formula is C22H27N5O4S2. The second kappa shape index (κ2) is 9.24. The Hall–Kier alpha value is -2.76. The molecule has 1 saturated heterocycles. The second-order valence-electron chi connectivity index (χ2n) is 8.15. The Bertz CT molecular complexity index is 1250. The van der Waals surface area contributed by atoms with Crippen LogP contribution in [0.1, 0.15) is 24.2 Å². The van der Waals surface area contributed by atoms with E-state index in [9.17, 15) is 13.2 Å². The van der Waals surface area contributed by atoms with Gasteiger partial charge in [0.2, 0.25) is 5.91 Å². The summed E-state index contributed by atoms with van der Waals surface area (Å²) in [6, 6.07) is 5.87. The highest BCUT2D eigenvalue weighted by Gasteiger charge is 2.33. The largest absolute Gasteiger partial charge is 0.496 e. The molecule has 0 unspecified atom stereocenters. The van der Waals surface area contributed by atoms with E-state index in [1.165, 1.54) is 21.8 Å². The van der Waals surface area contributed by atoms with Crippen molar-refractivity contribution in [2.45, 2.75) is 31.7 Å². The molecule has 1 aliphatic heterocycles. The Kier molecular flexibility index (Phi) is 6.55. The van der Waals surface area contributed by atoms with Gasteiger partial charge in [-0.3, -0.25) is 4.79 Å². The summed E-state index contributed by atoms with van der Waals surface area (Å²) in [6.07, 6.45) is 2.41. The maximum absolute atomic E-state index is 12.9. The normalized spacial score (nSPS) is 15.5. The zero-order valence-electron chi connectivity index (χ0n) is 19.0. The van der Waals surface area contributed by atoms with Crippen LogP contribution < -0.4 is 10.1 Å². The molecule has 3 aromatic rings.